The zero-order valence-electron chi connectivity index (χ0n) is 12.9. The van der Waals surface area contributed by atoms with Crippen LogP contribution in [0.4, 0.5) is 11.4 Å². The summed E-state index contributed by atoms with van der Waals surface area (Å²) in [4.78, 5) is 37.5. The Kier molecular flexibility index (Phi) is 4.60. The van der Waals surface area contributed by atoms with Crippen LogP contribution in [-0.2, 0) is 19.1 Å². The number of rotatable bonds is 3. The molecule has 0 bridgehead atoms. The van der Waals surface area contributed by atoms with E-state index in [-0.39, 0.29) is 36.9 Å². The molecule has 6 nitrogen and oxygen atoms in total. The van der Waals surface area contributed by atoms with Crippen molar-refractivity contribution in [2.75, 3.05) is 23.4 Å². The van der Waals surface area contributed by atoms with Crippen molar-refractivity contribution in [3.63, 3.8) is 0 Å². The molecule has 1 aliphatic carbocycles. The van der Waals surface area contributed by atoms with E-state index in [0.717, 1.165) is 32.1 Å². The number of hydrogen-bond acceptors (Lipinski definition) is 4. The first-order valence-corrected chi connectivity index (χ1v) is 8.01. The van der Waals surface area contributed by atoms with Crippen LogP contribution in [0.5, 0.6) is 0 Å². The number of esters is 1. The molecule has 0 saturated heterocycles. The van der Waals surface area contributed by atoms with Crippen molar-refractivity contribution in [1.82, 2.24) is 0 Å². The van der Waals surface area contributed by atoms with E-state index in [0.29, 0.717) is 11.4 Å². The Morgan fingerprint density at radius 2 is 1.91 bits per heavy atom. The van der Waals surface area contributed by atoms with Gasteiger partial charge in [-0.1, -0.05) is 31.4 Å². The van der Waals surface area contributed by atoms with Crippen molar-refractivity contribution in [3.05, 3.63) is 24.3 Å². The Bertz CT molecular complexity index is 623. The summed E-state index contributed by atoms with van der Waals surface area (Å²) in [6, 6.07) is 7.08. The summed E-state index contributed by atoms with van der Waals surface area (Å²) in [5.74, 6) is -1.02. The van der Waals surface area contributed by atoms with E-state index in [1.807, 2.05) is 0 Å². The Balaban J connectivity index is 1.62. The molecule has 0 aromatic heterocycles. The highest BCUT2D eigenvalue weighted by Crippen LogP contribution is 2.29. The van der Waals surface area contributed by atoms with Gasteiger partial charge < -0.3 is 10.1 Å². The molecule has 1 heterocycles. The lowest BCUT2D eigenvalue weighted by Gasteiger charge is -2.29. The molecule has 1 saturated carbocycles. The van der Waals surface area contributed by atoms with Crippen molar-refractivity contribution < 1.29 is 19.1 Å². The molecule has 1 aliphatic heterocycles. The van der Waals surface area contributed by atoms with Gasteiger partial charge in [-0.05, 0) is 25.0 Å². The SMILES string of the molecule is O=C1CN(C(=O)COC(=O)C2CCCCC2)c2ccccc2N1. The molecule has 6 heteroatoms. The number of carbonyl (C=O) groups is 3. The van der Waals surface area contributed by atoms with Crippen LogP contribution in [0.15, 0.2) is 24.3 Å². The number of para-hydroxylation sites is 2. The molecule has 23 heavy (non-hydrogen) atoms. The largest absolute Gasteiger partial charge is 0.455 e. The number of carbonyl (C=O) groups excluding carboxylic acids is 3. The number of hydrogen-bond donors (Lipinski definition) is 1. The molecule has 1 fully saturated rings. The second-order valence-electron chi connectivity index (χ2n) is 5.99. The monoisotopic (exact) mass is 316 g/mol. The molecule has 0 spiro atoms. The van der Waals surface area contributed by atoms with E-state index >= 15 is 0 Å². The summed E-state index contributed by atoms with van der Waals surface area (Å²) in [6.07, 6.45) is 4.90. The second-order valence-corrected chi connectivity index (χ2v) is 5.99. The van der Waals surface area contributed by atoms with Gasteiger partial charge >= 0.3 is 5.97 Å². The van der Waals surface area contributed by atoms with E-state index in [2.05, 4.69) is 5.32 Å². The third kappa shape index (κ3) is 3.52. The van der Waals surface area contributed by atoms with Crippen LogP contribution in [0.2, 0.25) is 0 Å². The van der Waals surface area contributed by atoms with Crippen molar-refractivity contribution >= 4 is 29.2 Å². The van der Waals surface area contributed by atoms with Gasteiger partial charge in [-0.15, -0.1) is 0 Å². The molecule has 122 valence electrons. The molecule has 1 aromatic rings. The zero-order valence-corrected chi connectivity index (χ0v) is 12.9. The fourth-order valence-electron chi connectivity index (χ4n) is 3.12. The topological polar surface area (TPSA) is 75.7 Å². The number of amides is 2. The highest BCUT2D eigenvalue weighted by molar-refractivity contribution is 6.10. The fourth-order valence-corrected chi connectivity index (χ4v) is 3.12. The van der Waals surface area contributed by atoms with Crippen LogP contribution in [-0.4, -0.2) is 30.9 Å². The summed E-state index contributed by atoms with van der Waals surface area (Å²) >= 11 is 0. The second kappa shape index (κ2) is 6.81. The normalized spacial score (nSPS) is 18.1. The highest BCUT2D eigenvalue weighted by Gasteiger charge is 2.28. The van der Waals surface area contributed by atoms with Crippen molar-refractivity contribution in [1.29, 1.82) is 0 Å². The predicted octanol–water partition coefficient (Wildman–Crippen LogP) is 2.10. The average molecular weight is 316 g/mol. The Morgan fingerprint density at radius 1 is 1.17 bits per heavy atom. The summed E-state index contributed by atoms with van der Waals surface area (Å²) in [5.41, 5.74) is 1.22. The number of fused-ring (bicyclic) bond motifs is 1. The molecule has 3 rings (SSSR count). The van der Waals surface area contributed by atoms with Gasteiger partial charge in [-0.25, -0.2) is 0 Å². The highest BCUT2D eigenvalue weighted by atomic mass is 16.5. The van der Waals surface area contributed by atoms with E-state index in [1.54, 1.807) is 24.3 Å². The van der Waals surface area contributed by atoms with E-state index in [1.165, 1.54) is 4.90 Å². The molecular formula is C17H20N2O4. The number of benzene rings is 1. The molecule has 0 atom stereocenters. The first-order valence-electron chi connectivity index (χ1n) is 8.01. The molecule has 2 aliphatic rings. The van der Waals surface area contributed by atoms with Gasteiger partial charge in [0.05, 0.1) is 17.3 Å². The van der Waals surface area contributed by atoms with Gasteiger partial charge in [0.2, 0.25) is 5.91 Å². The van der Waals surface area contributed by atoms with Gasteiger partial charge in [0.15, 0.2) is 6.61 Å². The van der Waals surface area contributed by atoms with Crippen LogP contribution in [0.25, 0.3) is 0 Å². The lowest BCUT2D eigenvalue weighted by atomic mass is 9.89. The fraction of sp³-hybridized carbons (Fsp3) is 0.471. The third-order valence-electron chi connectivity index (χ3n) is 4.35. The molecule has 2 amide bonds. The van der Waals surface area contributed by atoms with Crippen LogP contribution in [0.3, 0.4) is 0 Å². The standard InChI is InChI=1S/C17H20N2O4/c20-15-10-19(14-9-5-4-8-13(14)18-15)16(21)11-23-17(22)12-6-2-1-3-7-12/h4-5,8-9,12H,1-3,6-7,10-11H2,(H,18,20). The number of ether oxygens (including phenoxy) is 1. The Labute approximate surface area is 134 Å². The van der Waals surface area contributed by atoms with E-state index in [4.69, 9.17) is 4.74 Å². The summed E-state index contributed by atoms with van der Waals surface area (Å²) in [5, 5.41) is 2.72. The summed E-state index contributed by atoms with van der Waals surface area (Å²) < 4.78 is 5.18. The zero-order chi connectivity index (χ0) is 16.2. The van der Waals surface area contributed by atoms with Gasteiger partial charge in [0, 0.05) is 0 Å². The minimum absolute atomic E-state index is 0.0587. The lowest BCUT2D eigenvalue weighted by molar-refractivity contribution is -0.153. The maximum absolute atomic E-state index is 12.4. The minimum Gasteiger partial charge on any atom is -0.455 e. The Hall–Kier alpha value is -2.37. The number of nitrogens with zero attached hydrogens (tertiary/aromatic N) is 1. The maximum Gasteiger partial charge on any atom is 0.309 e. The van der Waals surface area contributed by atoms with E-state index < -0.39 is 0 Å². The van der Waals surface area contributed by atoms with Crippen LogP contribution in [0.1, 0.15) is 32.1 Å². The van der Waals surface area contributed by atoms with Crippen molar-refractivity contribution in [2.45, 2.75) is 32.1 Å². The number of nitrogens with one attached hydrogen (secondary N) is 1. The molecule has 1 aromatic carbocycles. The third-order valence-corrected chi connectivity index (χ3v) is 4.35. The summed E-state index contributed by atoms with van der Waals surface area (Å²) in [7, 11) is 0. The van der Waals surface area contributed by atoms with Gasteiger partial charge in [0.25, 0.3) is 5.91 Å². The molecular weight excluding hydrogens is 296 g/mol. The summed E-state index contributed by atoms with van der Waals surface area (Å²) in [6.45, 7) is -0.381. The van der Waals surface area contributed by atoms with Crippen molar-refractivity contribution in [3.8, 4) is 0 Å². The first kappa shape index (κ1) is 15.5. The molecule has 1 N–H and O–H groups in total. The van der Waals surface area contributed by atoms with Gasteiger partial charge in [0.1, 0.15) is 6.54 Å². The predicted molar refractivity (Wildman–Crippen MR) is 85.0 cm³/mol. The minimum atomic E-state index is -0.378. The molecule has 0 radical (unpaired) electrons. The average Bonchev–Trinajstić information content (AvgIpc) is 2.59. The van der Waals surface area contributed by atoms with Gasteiger partial charge in [-0.3, -0.25) is 19.3 Å². The first-order chi connectivity index (χ1) is 11.1. The lowest BCUT2D eigenvalue weighted by Crippen LogP contribution is -2.44. The maximum atomic E-state index is 12.4. The quantitative estimate of drug-likeness (QED) is 0.867. The van der Waals surface area contributed by atoms with Crippen LogP contribution in [0, 0.1) is 5.92 Å². The van der Waals surface area contributed by atoms with Crippen molar-refractivity contribution in [2.24, 2.45) is 5.92 Å². The smallest absolute Gasteiger partial charge is 0.309 e. The van der Waals surface area contributed by atoms with Gasteiger partial charge in [-0.2, -0.15) is 0 Å². The van der Waals surface area contributed by atoms with Crippen LogP contribution < -0.4 is 10.2 Å². The Morgan fingerprint density at radius 3 is 2.70 bits per heavy atom. The number of anilines is 2. The van der Waals surface area contributed by atoms with E-state index in [9.17, 15) is 14.4 Å². The van der Waals surface area contributed by atoms with Crippen LogP contribution >= 0.6 is 0 Å². The molecule has 0 unspecified atom stereocenters.